The van der Waals surface area contributed by atoms with Gasteiger partial charge in [-0.2, -0.15) is 5.26 Å². The van der Waals surface area contributed by atoms with Crippen molar-refractivity contribution in [2.45, 2.75) is 0 Å². The van der Waals surface area contributed by atoms with Crippen molar-refractivity contribution < 1.29 is 13.2 Å². The summed E-state index contributed by atoms with van der Waals surface area (Å²) in [6, 6.07) is 9.99. The van der Waals surface area contributed by atoms with Crippen LogP contribution in [0.1, 0.15) is 16.7 Å². The van der Waals surface area contributed by atoms with E-state index in [1.807, 2.05) is 6.07 Å². The van der Waals surface area contributed by atoms with Gasteiger partial charge in [0.1, 0.15) is 11.9 Å². The molecule has 1 aromatic carbocycles. The number of halogens is 3. The molecule has 0 radical (unpaired) electrons. The van der Waals surface area contributed by atoms with Gasteiger partial charge >= 0.3 is 0 Å². The molecule has 1 aliphatic rings. The van der Waals surface area contributed by atoms with Gasteiger partial charge in [-0.3, -0.25) is 9.97 Å². The summed E-state index contributed by atoms with van der Waals surface area (Å²) in [5.41, 5.74) is 1.37. The first-order valence-electron chi connectivity index (χ1n) is 7.33. The first-order valence-corrected chi connectivity index (χ1v) is 7.33. The summed E-state index contributed by atoms with van der Waals surface area (Å²) < 4.78 is 42.2. The van der Waals surface area contributed by atoms with E-state index in [2.05, 4.69) is 9.97 Å². The third-order valence-electron chi connectivity index (χ3n) is 4.03. The number of rotatable bonds is 1. The second kappa shape index (κ2) is 5.56. The van der Waals surface area contributed by atoms with Crippen LogP contribution in [0.4, 0.5) is 13.2 Å². The number of nitriles is 1. The molecule has 6 heteroatoms. The van der Waals surface area contributed by atoms with E-state index >= 15 is 0 Å². The van der Waals surface area contributed by atoms with Crippen molar-refractivity contribution in [1.29, 1.82) is 5.26 Å². The maximum Gasteiger partial charge on any atom is 0.170 e. The predicted molar refractivity (Wildman–Crippen MR) is 85.3 cm³/mol. The van der Waals surface area contributed by atoms with Crippen LogP contribution in [0.5, 0.6) is 0 Å². The molecule has 0 unspecified atom stereocenters. The Morgan fingerprint density at radius 1 is 0.840 bits per heavy atom. The van der Waals surface area contributed by atoms with Gasteiger partial charge in [-0.15, -0.1) is 0 Å². The molecule has 2 heterocycles. The zero-order valence-electron chi connectivity index (χ0n) is 12.6. The summed E-state index contributed by atoms with van der Waals surface area (Å²) in [6.07, 6.45) is 3.13. The number of aromatic nitrogens is 2. The number of allylic oxidation sites excluding steroid dienone is 1. The van der Waals surface area contributed by atoms with E-state index in [1.54, 1.807) is 36.7 Å². The second-order valence-electron chi connectivity index (χ2n) is 5.38. The lowest BCUT2D eigenvalue weighted by molar-refractivity contribution is 0.491. The van der Waals surface area contributed by atoms with Crippen LogP contribution >= 0.6 is 0 Å². The van der Waals surface area contributed by atoms with Crippen molar-refractivity contribution in [2.75, 3.05) is 0 Å². The zero-order valence-corrected chi connectivity index (χ0v) is 12.6. The van der Waals surface area contributed by atoms with Crippen molar-refractivity contribution in [3.8, 4) is 17.5 Å². The fraction of sp³-hybridized carbons (Fsp3) is 0. The van der Waals surface area contributed by atoms with Crippen molar-refractivity contribution >= 4 is 11.1 Å². The molecule has 3 aromatic rings. The van der Waals surface area contributed by atoms with Crippen molar-refractivity contribution in [1.82, 2.24) is 9.97 Å². The van der Waals surface area contributed by atoms with Crippen LogP contribution in [0.3, 0.4) is 0 Å². The topological polar surface area (TPSA) is 49.6 Å². The molecular formula is C19H8F3N3. The largest absolute Gasteiger partial charge is 0.254 e. The van der Waals surface area contributed by atoms with Crippen molar-refractivity contribution in [2.24, 2.45) is 0 Å². The Bertz CT molecular complexity index is 1050. The molecule has 0 aliphatic heterocycles. The average Bonchev–Trinajstić information content (AvgIpc) is 2.97. The highest BCUT2D eigenvalue weighted by Gasteiger charge is 2.31. The van der Waals surface area contributed by atoms with Crippen LogP contribution in [0.2, 0.25) is 0 Å². The summed E-state index contributed by atoms with van der Waals surface area (Å²) in [4.78, 5) is 8.51. The molecule has 0 atom stereocenters. The summed E-state index contributed by atoms with van der Waals surface area (Å²) >= 11 is 0. The minimum Gasteiger partial charge on any atom is -0.254 e. The molecule has 0 saturated heterocycles. The van der Waals surface area contributed by atoms with E-state index in [1.165, 1.54) is 0 Å². The van der Waals surface area contributed by atoms with Gasteiger partial charge in [0.05, 0.1) is 22.5 Å². The molecule has 4 rings (SSSR count). The number of benzene rings is 1. The molecule has 3 nitrogen and oxygen atoms in total. The zero-order chi connectivity index (χ0) is 17.6. The van der Waals surface area contributed by atoms with Crippen molar-refractivity contribution in [3.05, 3.63) is 82.9 Å². The maximum absolute atomic E-state index is 14.3. The third kappa shape index (κ3) is 2.13. The predicted octanol–water partition coefficient (Wildman–Crippen LogP) is 4.36. The highest BCUT2D eigenvalue weighted by atomic mass is 19.2. The van der Waals surface area contributed by atoms with Crippen LogP contribution in [0.15, 0.2) is 48.8 Å². The third-order valence-corrected chi connectivity index (χ3v) is 4.03. The van der Waals surface area contributed by atoms with Crippen molar-refractivity contribution in [3.63, 3.8) is 0 Å². The molecule has 1 aliphatic carbocycles. The van der Waals surface area contributed by atoms with Crippen LogP contribution in [0, 0.1) is 28.8 Å². The van der Waals surface area contributed by atoms with Gasteiger partial charge in [0, 0.05) is 29.1 Å². The van der Waals surface area contributed by atoms with E-state index in [0.29, 0.717) is 28.6 Å². The molecule has 120 valence electrons. The Balaban J connectivity index is 2.15. The molecule has 0 bridgehead atoms. The number of pyridine rings is 2. The van der Waals surface area contributed by atoms with E-state index in [4.69, 9.17) is 0 Å². The van der Waals surface area contributed by atoms with Crippen LogP contribution in [-0.2, 0) is 0 Å². The van der Waals surface area contributed by atoms with Gasteiger partial charge in [0.2, 0.25) is 0 Å². The normalized spacial score (nSPS) is 11.7. The molecule has 0 amide bonds. The van der Waals surface area contributed by atoms with Gasteiger partial charge in [-0.1, -0.05) is 12.1 Å². The summed E-state index contributed by atoms with van der Waals surface area (Å²) in [7, 11) is 0. The lowest BCUT2D eigenvalue weighted by atomic mass is 9.94. The molecule has 25 heavy (non-hydrogen) atoms. The lowest BCUT2D eigenvalue weighted by Crippen LogP contribution is -2.00. The van der Waals surface area contributed by atoms with Gasteiger partial charge in [0.15, 0.2) is 11.6 Å². The van der Waals surface area contributed by atoms with Gasteiger partial charge < -0.3 is 0 Å². The lowest BCUT2D eigenvalue weighted by Gasteiger charge is -2.09. The molecule has 0 saturated carbocycles. The maximum atomic E-state index is 14.3. The number of nitrogens with zero attached hydrogens (tertiary/aromatic N) is 3. The second-order valence-corrected chi connectivity index (χ2v) is 5.38. The Morgan fingerprint density at radius 3 is 1.96 bits per heavy atom. The smallest absolute Gasteiger partial charge is 0.170 e. The monoisotopic (exact) mass is 335 g/mol. The van der Waals surface area contributed by atoms with Gasteiger partial charge in [-0.05, 0) is 24.3 Å². The van der Waals surface area contributed by atoms with Gasteiger partial charge in [0.25, 0.3) is 0 Å². The highest BCUT2D eigenvalue weighted by molar-refractivity contribution is 6.11. The summed E-state index contributed by atoms with van der Waals surface area (Å²) in [5, 5.41) is 9.63. The minimum absolute atomic E-state index is 0.289. The van der Waals surface area contributed by atoms with Crippen LogP contribution < -0.4 is 0 Å². The van der Waals surface area contributed by atoms with E-state index < -0.39 is 23.0 Å². The van der Waals surface area contributed by atoms with E-state index in [9.17, 15) is 18.4 Å². The van der Waals surface area contributed by atoms with E-state index in [-0.39, 0.29) is 11.1 Å². The molecule has 0 spiro atoms. The highest BCUT2D eigenvalue weighted by Crippen LogP contribution is 2.45. The first kappa shape index (κ1) is 15.1. The Labute approximate surface area is 140 Å². The Morgan fingerprint density at radius 2 is 1.40 bits per heavy atom. The quantitative estimate of drug-likeness (QED) is 0.384. The van der Waals surface area contributed by atoms with Crippen LogP contribution in [0.25, 0.3) is 22.5 Å². The molecular weight excluding hydrogens is 327 g/mol. The number of fused-ring (bicyclic) bond motifs is 3. The Hall–Kier alpha value is -3.46. The number of hydrogen-bond donors (Lipinski definition) is 0. The fourth-order valence-corrected chi connectivity index (χ4v) is 3.00. The number of hydrogen-bond acceptors (Lipinski definition) is 3. The summed E-state index contributed by atoms with van der Waals surface area (Å²) in [5.74, 6) is -3.63. The van der Waals surface area contributed by atoms with Crippen LogP contribution in [-0.4, -0.2) is 9.97 Å². The molecule has 0 N–H and O–H groups in total. The molecule has 2 aromatic heterocycles. The van der Waals surface area contributed by atoms with Gasteiger partial charge in [-0.25, -0.2) is 13.2 Å². The summed E-state index contributed by atoms with van der Waals surface area (Å²) in [6.45, 7) is 0. The SMILES string of the molecule is N#CC(=C1c2cccnc2-c2ncccc21)c1c(F)ccc(F)c1F. The molecule has 0 fully saturated rings. The average molecular weight is 335 g/mol. The standard InChI is InChI=1S/C19H8F3N3/c20-13-5-6-14(21)17(22)16(13)12(9-23)15-10-3-1-7-24-18(10)19-11(15)4-2-8-25-19/h1-8H. The fourth-order valence-electron chi connectivity index (χ4n) is 3.00. The van der Waals surface area contributed by atoms with E-state index in [0.717, 1.165) is 6.07 Å². The first-order chi connectivity index (χ1) is 12.1. The Kier molecular flexibility index (Phi) is 3.36. The minimum atomic E-state index is -1.40.